The summed E-state index contributed by atoms with van der Waals surface area (Å²) in [4.78, 5) is 28.6. The van der Waals surface area contributed by atoms with Gasteiger partial charge in [0, 0.05) is 24.0 Å². The molecule has 2 heterocycles. The smallest absolute Gasteiger partial charge is 0.265 e. The predicted molar refractivity (Wildman–Crippen MR) is 139 cm³/mol. The van der Waals surface area contributed by atoms with E-state index in [-0.39, 0.29) is 35.9 Å². The van der Waals surface area contributed by atoms with Crippen LogP contribution in [0.2, 0.25) is 0 Å². The van der Waals surface area contributed by atoms with Gasteiger partial charge in [0.2, 0.25) is 5.91 Å². The monoisotopic (exact) mass is 531 g/mol. The Hall–Kier alpha value is -4.42. The molecule has 12 heteroatoms. The van der Waals surface area contributed by atoms with Crippen LogP contribution in [0.3, 0.4) is 0 Å². The van der Waals surface area contributed by atoms with Crippen LogP contribution in [-0.4, -0.2) is 52.0 Å². The molecule has 0 atom stereocenters. The Labute approximate surface area is 219 Å². The second kappa shape index (κ2) is 10.5. The van der Waals surface area contributed by atoms with Crippen molar-refractivity contribution in [1.82, 2.24) is 35.4 Å². The van der Waals surface area contributed by atoms with Crippen molar-refractivity contribution in [3.8, 4) is 5.69 Å². The molecule has 0 unspecified atom stereocenters. The van der Waals surface area contributed by atoms with E-state index in [0.717, 1.165) is 27.2 Å². The van der Waals surface area contributed by atoms with Crippen LogP contribution in [0.1, 0.15) is 25.3 Å². The van der Waals surface area contributed by atoms with Crippen molar-refractivity contribution in [3.05, 3.63) is 89.8 Å². The van der Waals surface area contributed by atoms with Crippen LogP contribution in [0.4, 0.5) is 0 Å². The largest absolute Gasteiger partial charge is 0.352 e. The van der Waals surface area contributed by atoms with Crippen LogP contribution in [0.5, 0.6) is 0 Å². The standard InChI is InChI=1S/C26H25N7O4S/c1-18-13-14-32(31-38(36,37)24-12-6-9-19-7-2-4-10-21(19)24)26(35)22(18)15-25(34)27-16-20-8-3-5-11-23(20)33-17-28-29-30-33/h2-12,17,31H,13-16H2,1H3,(H,27,34). The molecule has 0 saturated carbocycles. The second-order valence-corrected chi connectivity index (χ2v) is 10.5. The number of fused-ring (bicyclic) bond motifs is 1. The minimum atomic E-state index is -4.05. The van der Waals surface area contributed by atoms with E-state index in [9.17, 15) is 18.0 Å². The molecule has 1 aliphatic heterocycles. The Morgan fingerprint density at radius 1 is 1.03 bits per heavy atom. The van der Waals surface area contributed by atoms with Gasteiger partial charge in [-0.05, 0) is 46.9 Å². The van der Waals surface area contributed by atoms with Gasteiger partial charge in [0.1, 0.15) is 6.33 Å². The molecular weight excluding hydrogens is 506 g/mol. The summed E-state index contributed by atoms with van der Waals surface area (Å²) in [5.74, 6) is -0.903. The number of hydrogen-bond donors (Lipinski definition) is 2. The van der Waals surface area contributed by atoms with E-state index in [4.69, 9.17) is 0 Å². The maximum Gasteiger partial charge on any atom is 0.265 e. The molecule has 2 N–H and O–H groups in total. The Balaban J connectivity index is 1.28. The lowest BCUT2D eigenvalue weighted by atomic mass is 9.98. The van der Waals surface area contributed by atoms with Crippen molar-refractivity contribution < 1.29 is 18.0 Å². The third-order valence-electron chi connectivity index (χ3n) is 6.40. The average Bonchev–Trinajstić information content (AvgIpc) is 3.46. The number of tetrazole rings is 1. The number of para-hydroxylation sites is 1. The zero-order chi connectivity index (χ0) is 26.7. The zero-order valence-corrected chi connectivity index (χ0v) is 21.4. The summed E-state index contributed by atoms with van der Waals surface area (Å²) in [6.07, 6.45) is 1.72. The molecule has 3 aromatic carbocycles. The Kier molecular flexibility index (Phi) is 6.99. The van der Waals surface area contributed by atoms with Gasteiger partial charge < -0.3 is 5.32 Å². The van der Waals surface area contributed by atoms with E-state index in [1.165, 1.54) is 17.1 Å². The number of amides is 2. The lowest BCUT2D eigenvalue weighted by Gasteiger charge is -2.29. The van der Waals surface area contributed by atoms with Gasteiger partial charge in [0.05, 0.1) is 17.0 Å². The lowest BCUT2D eigenvalue weighted by molar-refractivity contribution is -0.131. The fourth-order valence-corrected chi connectivity index (χ4v) is 5.68. The average molecular weight is 532 g/mol. The summed E-state index contributed by atoms with van der Waals surface area (Å²) >= 11 is 0. The highest BCUT2D eigenvalue weighted by Crippen LogP contribution is 2.25. The summed E-state index contributed by atoms with van der Waals surface area (Å²) in [6, 6.07) is 19.5. The first kappa shape index (κ1) is 25.2. The summed E-state index contributed by atoms with van der Waals surface area (Å²) < 4.78 is 28.0. The number of aromatic nitrogens is 4. The van der Waals surface area contributed by atoms with Crippen LogP contribution in [0.15, 0.2) is 89.1 Å². The van der Waals surface area contributed by atoms with Crippen molar-refractivity contribution in [3.63, 3.8) is 0 Å². The number of carbonyl (C=O) groups is 2. The maximum atomic E-state index is 13.3. The molecule has 0 saturated heterocycles. The van der Waals surface area contributed by atoms with Gasteiger partial charge in [-0.15, -0.1) is 9.93 Å². The molecule has 4 aromatic rings. The van der Waals surface area contributed by atoms with E-state index in [1.807, 2.05) is 42.5 Å². The highest BCUT2D eigenvalue weighted by molar-refractivity contribution is 7.89. The SMILES string of the molecule is CC1=C(CC(=O)NCc2ccccc2-n2cnnn2)C(=O)N(NS(=O)(=O)c2cccc3ccccc23)CC1. The Bertz CT molecular complexity index is 1640. The van der Waals surface area contributed by atoms with Gasteiger partial charge in [0.25, 0.3) is 15.9 Å². The van der Waals surface area contributed by atoms with Crippen LogP contribution < -0.4 is 10.1 Å². The molecule has 1 aliphatic rings. The van der Waals surface area contributed by atoms with Gasteiger partial charge in [-0.25, -0.2) is 13.1 Å². The van der Waals surface area contributed by atoms with Crippen molar-refractivity contribution >= 4 is 32.6 Å². The normalized spacial score (nSPS) is 14.2. The van der Waals surface area contributed by atoms with Gasteiger partial charge in [-0.2, -0.15) is 0 Å². The number of hydrogen-bond acceptors (Lipinski definition) is 7. The molecule has 194 valence electrons. The predicted octanol–water partition coefficient (Wildman–Crippen LogP) is 2.26. The summed E-state index contributed by atoms with van der Waals surface area (Å²) in [5, 5.41) is 16.4. The highest BCUT2D eigenvalue weighted by atomic mass is 32.2. The number of nitrogens with zero attached hydrogens (tertiary/aromatic N) is 5. The number of rotatable bonds is 8. The van der Waals surface area contributed by atoms with Crippen molar-refractivity contribution in [1.29, 1.82) is 0 Å². The summed E-state index contributed by atoms with van der Waals surface area (Å²) in [5.41, 5.74) is 2.53. The number of sulfonamides is 1. The highest BCUT2D eigenvalue weighted by Gasteiger charge is 2.30. The molecule has 0 aliphatic carbocycles. The summed E-state index contributed by atoms with van der Waals surface area (Å²) in [6.45, 7) is 2.15. The van der Waals surface area contributed by atoms with Gasteiger partial charge in [0.15, 0.2) is 0 Å². The molecule has 0 radical (unpaired) electrons. The molecule has 38 heavy (non-hydrogen) atoms. The number of carbonyl (C=O) groups excluding carboxylic acids is 2. The zero-order valence-electron chi connectivity index (χ0n) is 20.5. The molecule has 2 amide bonds. The van der Waals surface area contributed by atoms with Crippen molar-refractivity contribution in [2.45, 2.75) is 31.2 Å². The van der Waals surface area contributed by atoms with Crippen LogP contribution in [-0.2, 0) is 26.2 Å². The minimum absolute atomic E-state index is 0.0789. The fraction of sp³-hybridized carbons (Fsp3) is 0.192. The van der Waals surface area contributed by atoms with Crippen LogP contribution in [0, 0.1) is 0 Å². The first-order valence-corrected chi connectivity index (χ1v) is 13.4. The molecule has 11 nitrogen and oxygen atoms in total. The van der Waals surface area contributed by atoms with Gasteiger partial charge >= 0.3 is 0 Å². The van der Waals surface area contributed by atoms with Crippen LogP contribution in [0.25, 0.3) is 16.5 Å². The molecule has 5 rings (SSSR count). The second-order valence-electron chi connectivity index (χ2n) is 8.87. The minimum Gasteiger partial charge on any atom is -0.352 e. The van der Waals surface area contributed by atoms with Crippen molar-refractivity contribution in [2.75, 3.05) is 6.54 Å². The molecule has 1 aromatic heterocycles. The number of hydrazine groups is 1. The van der Waals surface area contributed by atoms with Crippen molar-refractivity contribution in [2.24, 2.45) is 0 Å². The fourth-order valence-electron chi connectivity index (χ4n) is 4.39. The molecule has 0 fully saturated rings. The van der Waals surface area contributed by atoms with E-state index >= 15 is 0 Å². The topological polar surface area (TPSA) is 139 Å². The number of benzene rings is 3. The van der Waals surface area contributed by atoms with Gasteiger partial charge in [-0.1, -0.05) is 60.2 Å². The molecule has 0 bridgehead atoms. The van der Waals surface area contributed by atoms with E-state index in [0.29, 0.717) is 11.8 Å². The quantitative estimate of drug-likeness (QED) is 0.356. The maximum absolute atomic E-state index is 13.3. The van der Waals surface area contributed by atoms with Gasteiger partial charge in [-0.3, -0.25) is 14.6 Å². The van der Waals surface area contributed by atoms with E-state index in [2.05, 4.69) is 25.7 Å². The number of nitrogens with one attached hydrogen (secondary N) is 2. The Morgan fingerprint density at radius 3 is 2.61 bits per heavy atom. The third-order valence-corrected chi connectivity index (χ3v) is 7.79. The molecular formula is C26H25N7O4S. The molecule has 0 spiro atoms. The van der Waals surface area contributed by atoms with E-state index < -0.39 is 15.9 Å². The summed E-state index contributed by atoms with van der Waals surface area (Å²) in [7, 11) is -4.05. The first-order valence-electron chi connectivity index (χ1n) is 11.9. The van der Waals surface area contributed by atoms with Crippen LogP contribution >= 0.6 is 0 Å². The Morgan fingerprint density at radius 2 is 1.79 bits per heavy atom. The first-order chi connectivity index (χ1) is 18.3. The van der Waals surface area contributed by atoms with E-state index in [1.54, 1.807) is 25.1 Å². The lowest BCUT2D eigenvalue weighted by Crippen LogP contribution is -2.49. The third kappa shape index (κ3) is 5.17.